The minimum Gasteiger partial charge on any atom is -0.340 e. The van der Waals surface area contributed by atoms with Gasteiger partial charge in [0, 0.05) is 13.1 Å². The first-order valence-corrected chi connectivity index (χ1v) is 7.01. The van der Waals surface area contributed by atoms with Gasteiger partial charge in [-0.25, -0.2) is 4.98 Å². The van der Waals surface area contributed by atoms with Crippen LogP contribution in [0, 0.1) is 13.8 Å². The quantitative estimate of drug-likeness (QED) is 0.923. The predicted octanol–water partition coefficient (Wildman–Crippen LogP) is 1.68. The van der Waals surface area contributed by atoms with Gasteiger partial charge in [0.15, 0.2) is 5.82 Å². The van der Waals surface area contributed by atoms with Crippen LogP contribution in [0.3, 0.4) is 0 Å². The lowest BCUT2D eigenvalue weighted by Gasteiger charge is -2.26. The maximum atomic E-state index is 12.4. The van der Waals surface area contributed by atoms with Crippen molar-refractivity contribution in [2.45, 2.75) is 45.1 Å². The Morgan fingerprint density at radius 3 is 2.57 bits per heavy atom. The van der Waals surface area contributed by atoms with E-state index in [2.05, 4.69) is 25.4 Å². The van der Waals surface area contributed by atoms with Gasteiger partial charge in [-0.05, 0) is 19.8 Å². The monoisotopic (exact) mass is 287 g/mol. The van der Waals surface area contributed by atoms with Crippen LogP contribution in [0.1, 0.15) is 53.6 Å². The third-order valence-corrected chi connectivity index (χ3v) is 3.78. The highest BCUT2D eigenvalue weighted by Gasteiger charge is 2.41. The standard InChI is InChI=1S/C14H17N5O2/c1-9-7-16-11(8-15-9)12(20)18-14(5-3-4-6-14)13-17-10(2)21-19-13/h7-8H,3-6H2,1-2H3,(H,18,20). The van der Waals surface area contributed by atoms with Crippen LogP contribution in [-0.2, 0) is 5.54 Å². The van der Waals surface area contributed by atoms with Crippen LogP contribution in [0.15, 0.2) is 16.9 Å². The number of aryl methyl sites for hydroxylation is 2. The second-order valence-corrected chi connectivity index (χ2v) is 5.42. The fourth-order valence-electron chi connectivity index (χ4n) is 2.67. The highest BCUT2D eigenvalue weighted by Crippen LogP contribution is 2.37. The van der Waals surface area contributed by atoms with Gasteiger partial charge >= 0.3 is 0 Å². The van der Waals surface area contributed by atoms with E-state index in [9.17, 15) is 4.79 Å². The molecule has 1 N–H and O–H groups in total. The zero-order valence-electron chi connectivity index (χ0n) is 12.1. The largest absolute Gasteiger partial charge is 0.340 e. The van der Waals surface area contributed by atoms with Gasteiger partial charge in [0.1, 0.15) is 11.2 Å². The lowest BCUT2D eigenvalue weighted by atomic mass is 9.96. The third-order valence-electron chi connectivity index (χ3n) is 3.78. The first-order chi connectivity index (χ1) is 10.1. The molecule has 1 fully saturated rings. The molecule has 0 unspecified atom stereocenters. The third kappa shape index (κ3) is 2.63. The second-order valence-electron chi connectivity index (χ2n) is 5.42. The van der Waals surface area contributed by atoms with Crippen molar-refractivity contribution in [3.63, 3.8) is 0 Å². The molecule has 2 heterocycles. The van der Waals surface area contributed by atoms with E-state index < -0.39 is 5.54 Å². The van der Waals surface area contributed by atoms with Crippen molar-refractivity contribution in [1.82, 2.24) is 25.4 Å². The van der Waals surface area contributed by atoms with Crippen molar-refractivity contribution in [3.8, 4) is 0 Å². The van der Waals surface area contributed by atoms with Crippen LogP contribution in [0.5, 0.6) is 0 Å². The van der Waals surface area contributed by atoms with E-state index in [-0.39, 0.29) is 5.91 Å². The summed E-state index contributed by atoms with van der Waals surface area (Å²) in [6, 6.07) is 0. The minimum atomic E-state index is -0.554. The maximum Gasteiger partial charge on any atom is 0.272 e. The molecule has 21 heavy (non-hydrogen) atoms. The molecule has 1 saturated carbocycles. The lowest BCUT2D eigenvalue weighted by Crippen LogP contribution is -2.45. The summed E-state index contributed by atoms with van der Waals surface area (Å²) in [6.45, 7) is 3.57. The Morgan fingerprint density at radius 1 is 1.24 bits per heavy atom. The van der Waals surface area contributed by atoms with Crippen molar-refractivity contribution in [2.75, 3.05) is 0 Å². The number of hydrogen-bond donors (Lipinski definition) is 1. The number of nitrogens with zero attached hydrogens (tertiary/aromatic N) is 4. The molecule has 110 valence electrons. The molecule has 7 nitrogen and oxygen atoms in total. The summed E-state index contributed by atoms with van der Waals surface area (Å²) in [7, 11) is 0. The van der Waals surface area contributed by atoms with Gasteiger partial charge in [-0.3, -0.25) is 9.78 Å². The maximum absolute atomic E-state index is 12.4. The first-order valence-electron chi connectivity index (χ1n) is 7.01. The minimum absolute atomic E-state index is 0.258. The van der Waals surface area contributed by atoms with Crippen LogP contribution in [-0.4, -0.2) is 26.0 Å². The van der Waals surface area contributed by atoms with Crippen LogP contribution in [0.4, 0.5) is 0 Å². The molecule has 0 saturated heterocycles. The number of hydrogen-bond acceptors (Lipinski definition) is 6. The Bertz CT molecular complexity index is 644. The Labute approximate surface area is 122 Å². The molecule has 0 bridgehead atoms. The van der Waals surface area contributed by atoms with E-state index in [1.807, 2.05) is 6.92 Å². The summed E-state index contributed by atoms with van der Waals surface area (Å²) in [4.78, 5) is 24.9. The van der Waals surface area contributed by atoms with Crippen LogP contribution in [0.25, 0.3) is 0 Å². The van der Waals surface area contributed by atoms with Crippen molar-refractivity contribution in [2.24, 2.45) is 0 Å². The molecule has 0 atom stereocenters. The van der Waals surface area contributed by atoms with E-state index in [1.165, 1.54) is 6.20 Å². The molecule has 0 aliphatic heterocycles. The molecule has 7 heteroatoms. The zero-order chi connectivity index (χ0) is 14.9. The van der Waals surface area contributed by atoms with Gasteiger partial charge in [0.25, 0.3) is 5.91 Å². The Hall–Kier alpha value is -2.31. The number of carbonyl (C=O) groups is 1. The SMILES string of the molecule is Cc1cnc(C(=O)NC2(c3noc(C)n3)CCCC2)cn1. The van der Waals surface area contributed by atoms with E-state index in [0.717, 1.165) is 31.4 Å². The van der Waals surface area contributed by atoms with E-state index in [4.69, 9.17) is 4.52 Å². The Balaban J connectivity index is 1.85. The zero-order valence-corrected chi connectivity index (χ0v) is 12.1. The van der Waals surface area contributed by atoms with Gasteiger partial charge < -0.3 is 9.84 Å². The summed E-state index contributed by atoms with van der Waals surface area (Å²) < 4.78 is 5.06. The van der Waals surface area contributed by atoms with Crippen LogP contribution in [0.2, 0.25) is 0 Å². The Morgan fingerprint density at radius 2 is 2.00 bits per heavy atom. The summed E-state index contributed by atoms with van der Waals surface area (Å²) in [6.07, 6.45) is 6.71. The van der Waals surface area contributed by atoms with Gasteiger partial charge in [0.05, 0.1) is 11.9 Å². The number of aromatic nitrogens is 4. The molecule has 2 aromatic rings. The van der Waals surface area contributed by atoms with Crippen LogP contribution < -0.4 is 5.32 Å². The van der Waals surface area contributed by atoms with E-state index >= 15 is 0 Å². The fraction of sp³-hybridized carbons (Fsp3) is 0.500. The van der Waals surface area contributed by atoms with Gasteiger partial charge in [-0.2, -0.15) is 4.98 Å². The number of nitrogens with one attached hydrogen (secondary N) is 1. The van der Waals surface area contributed by atoms with Crippen molar-refractivity contribution < 1.29 is 9.32 Å². The summed E-state index contributed by atoms with van der Waals surface area (Å²) >= 11 is 0. The molecule has 2 aromatic heterocycles. The summed E-state index contributed by atoms with van der Waals surface area (Å²) in [5.41, 5.74) is 0.518. The molecule has 1 aliphatic carbocycles. The molecule has 0 aromatic carbocycles. The average molecular weight is 287 g/mol. The van der Waals surface area contributed by atoms with E-state index in [0.29, 0.717) is 17.4 Å². The number of amides is 1. The average Bonchev–Trinajstić information content (AvgIpc) is 3.09. The molecule has 1 amide bonds. The predicted molar refractivity (Wildman–Crippen MR) is 73.4 cm³/mol. The second kappa shape index (κ2) is 5.23. The van der Waals surface area contributed by atoms with Crippen LogP contribution >= 0.6 is 0 Å². The molecule has 1 aliphatic rings. The number of rotatable bonds is 3. The Kier molecular flexibility index (Phi) is 3.40. The van der Waals surface area contributed by atoms with Gasteiger partial charge in [-0.1, -0.05) is 18.0 Å². The molecular weight excluding hydrogens is 270 g/mol. The van der Waals surface area contributed by atoms with Crippen molar-refractivity contribution in [3.05, 3.63) is 35.5 Å². The van der Waals surface area contributed by atoms with Crippen molar-refractivity contribution >= 4 is 5.91 Å². The first kappa shape index (κ1) is 13.7. The molecule has 3 rings (SSSR count). The number of carbonyl (C=O) groups excluding carboxylic acids is 1. The topological polar surface area (TPSA) is 93.8 Å². The fourth-order valence-corrected chi connectivity index (χ4v) is 2.67. The van der Waals surface area contributed by atoms with E-state index in [1.54, 1.807) is 13.1 Å². The van der Waals surface area contributed by atoms with Crippen molar-refractivity contribution in [1.29, 1.82) is 0 Å². The van der Waals surface area contributed by atoms with Gasteiger partial charge in [-0.15, -0.1) is 0 Å². The highest BCUT2D eigenvalue weighted by atomic mass is 16.5. The normalized spacial score (nSPS) is 16.9. The molecular formula is C14H17N5O2. The summed E-state index contributed by atoms with van der Waals surface area (Å²) in [5.74, 6) is 0.790. The summed E-state index contributed by atoms with van der Waals surface area (Å²) in [5, 5.41) is 7.03. The molecule has 0 spiro atoms. The van der Waals surface area contributed by atoms with Gasteiger partial charge in [0.2, 0.25) is 5.89 Å². The smallest absolute Gasteiger partial charge is 0.272 e. The molecule has 0 radical (unpaired) electrons. The highest BCUT2D eigenvalue weighted by molar-refractivity contribution is 5.92. The lowest BCUT2D eigenvalue weighted by molar-refractivity contribution is 0.0886.